The van der Waals surface area contributed by atoms with Gasteiger partial charge < -0.3 is 5.11 Å². The van der Waals surface area contributed by atoms with Crippen molar-refractivity contribution < 1.29 is 19.1 Å². The van der Waals surface area contributed by atoms with Gasteiger partial charge in [0.2, 0.25) is 0 Å². The standard InChI is InChI=1S/C10H5FO3/c11-8-5-1-3-7(4-2-6-12)9(8)10(13)14/h1,3,5-6H,(H,13,14). The molecule has 0 aliphatic rings. The largest absolute Gasteiger partial charge is 0.478 e. The lowest BCUT2D eigenvalue weighted by molar-refractivity contribution is -0.103. The first kappa shape index (κ1) is 9.93. The lowest BCUT2D eigenvalue weighted by Gasteiger charge is -1.99. The Morgan fingerprint density at radius 2 is 2.21 bits per heavy atom. The predicted octanol–water partition coefficient (Wildman–Crippen LogP) is 1.07. The Morgan fingerprint density at radius 1 is 1.50 bits per heavy atom. The van der Waals surface area contributed by atoms with Crippen molar-refractivity contribution in [2.45, 2.75) is 0 Å². The zero-order valence-electron chi connectivity index (χ0n) is 6.95. The molecule has 1 N–H and O–H groups in total. The molecule has 70 valence electrons. The van der Waals surface area contributed by atoms with Crippen LogP contribution < -0.4 is 0 Å². The van der Waals surface area contributed by atoms with Gasteiger partial charge in [-0.15, -0.1) is 0 Å². The molecule has 14 heavy (non-hydrogen) atoms. The van der Waals surface area contributed by atoms with Crippen molar-refractivity contribution in [3.8, 4) is 11.8 Å². The van der Waals surface area contributed by atoms with Crippen LogP contribution in [0.25, 0.3) is 0 Å². The second-order valence-electron chi connectivity index (χ2n) is 2.35. The summed E-state index contributed by atoms with van der Waals surface area (Å²) in [5, 5.41) is 8.65. The van der Waals surface area contributed by atoms with E-state index in [1.165, 1.54) is 12.1 Å². The average molecular weight is 192 g/mol. The van der Waals surface area contributed by atoms with Gasteiger partial charge in [-0.3, -0.25) is 4.79 Å². The summed E-state index contributed by atoms with van der Waals surface area (Å²) < 4.78 is 13.0. The minimum Gasteiger partial charge on any atom is -0.478 e. The zero-order valence-corrected chi connectivity index (χ0v) is 6.95. The minimum absolute atomic E-state index is 0.00963. The summed E-state index contributed by atoms with van der Waals surface area (Å²) in [6, 6.07) is 3.69. The third-order valence-electron chi connectivity index (χ3n) is 1.49. The molecule has 0 amide bonds. The topological polar surface area (TPSA) is 54.4 Å². The van der Waals surface area contributed by atoms with Crippen LogP contribution in [0.3, 0.4) is 0 Å². The molecule has 1 rings (SSSR count). The van der Waals surface area contributed by atoms with Crippen LogP contribution in [0, 0.1) is 17.7 Å². The van der Waals surface area contributed by atoms with E-state index < -0.39 is 17.3 Å². The molecule has 0 bridgehead atoms. The van der Waals surface area contributed by atoms with Crippen LogP contribution in [0.2, 0.25) is 0 Å². The predicted molar refractivity (Wildman–Crippen MR) is 46.3 cm³/mol. The van der Waals surface area contributed by atoms with E-state index in [0.717, 1.165) is 6.07 Å². The summed E-state index contributed by atoms with van der Waals surface area (Å²) in [6.45, 7) is 0. The summed E-state index contributed by atoms with van der Waals surface area (Å²) in [5.74, 6) is 2.00. The third-order valence-corrected chi connectivity index (χ3v) is 1.49. The first-order valence-electron chi connectivity index (χ1n) is 3.64. The van der Waals surface area contributed by atoms with Crippen LogP contribution in [-0.2, 0) is 4.79 Å². The maximum atomic E-state index is 13.0. The van der Waals surface area contributed by atoms with E-state index in [4.69, 9.17) is 5.11 Å². The maximum Gasteiger partial charge on any atom is 0.339 e. The van der Waals surface area contributed by atoms with Crippen LogP contribution in [0.5, 0.6) is 0 Å². The Hall–Kier alpha value is -2.15. The van der Waals surface area contributed by atoms with E-state index in [2.05, 4.69) is 5.92 Å². The Morgan fingerprint density at radius 3 is 2.79 bits per heavy atom. The van der Waals surface area contributed by atoms with Crippen molar-refractivity contribution in [2.24, 2.45) is 0 Å². The van der Waals surface area contributed by atoms with Gasteiger partial charge in [-0.25, -0.2) is 9.18 Å². The Balaban J connectivity index is 3.35. The van der Waals surface area contributed by atoms with Gasteiger partial charge in [-0.2, -0.15) is 0 Å². The van der Waals surface area contributed by atoms with Gasteiger partial charge >= 0.3 is 5.97 Å². The lowest BCUT2D eigenvalue weighted by atomic mass is 10.1. The molecule has 1 aromatic carbocycles. The summed E-state index contributed by atoms with van der Waals surface area (Å²) >= 11 is 0. The molecular weight excluding hydrogens is 187 g/mol. The van der Waals surface area contributed by atoms with Crippen molar-refractivity contribution >= 4 is 12.3 Å². The molecule has 1 aromatic rings. The highest BCUT2D eigenvalue weighted by molar-refractivity contribution is 5.91. The number of carboxylic acids is 1. The Labute approximate surface area is 79.2 Å². The van der Waals surface area contributed by atoms with E-state index in [0.29, 0.717) is 6.29 Å². The van der Waals surface area contributed by atoms with Gasteiger partial charge in [0.05, 0.1) is 0 Å². The monoisotopic (exact) mass is 192 g/mol. The number of carbonyl (C=O) groups excluding carboxylic acids is 1. The van der Waals surface area contributed by atoms with Gasteiger partial charge in [0.15, 0.2) is 6.29 Å². The lowest BCUT2D eigenvalue weighted by Crippen LogP contribution is -2.03. The van der Waals surface area contributed by atoms with E-state index in [1.807, 2.05) is 5.92 Å². The number of rotatable bonds is 1. The quantitative estimate of drug-likeness (QED) is 0.535. The van der Waals surface area contributed by atoms with E-state index >= 15 is 0 Å². The SMILES string of the molecule is O=CC#Cc1cccc(F)c1C(=O)O. The number of hydrogen-bond acceptors (Lipinski definition) is 2. The second-order valence-corrected chi connectivity index (χ2v) is 2.35. The van der Waals surface area contributed by atoms with Crippen molar-refractivity contribution in [3.05, 3.63) is 35.1 Å². The van der Waals surface area contributed by atoms with Crippen LogP contribution in [0.4, 0.5) is 4.39 Å². The van der Waals surface area contributed by atoms with Gasteiger partial charge in [-0.1, -0.05) is 12.0 Å². The van der Waals surface area contributed by atoms with Crippen LogP contribution in [0.1, 0.15) is 15.9 Å². The number of hydrogen-bond donors (Lipinski definition) is 1. The van der Waals surface area contributed by atoms with Crippen molar-refractivity contribution in [1.29, 1.82) is 0 Å². The number of carboxylic acid groups (broad SMARTS) is 1. The summed E-state index contributed by atoms with van der Waals surface area (Å²) in [6.07, 6.45) is 0.316. The molecule has 0 radical (unpaired) electrons. The number of benzene rings is 1. The Bertz CT molecular complexity index is 440. The normalized spacial score (nSPS) is 8.64. The highest BCUT2D eigenvalue weighted by Gasteiger charge is 2.13. The summed E-state index contributed by atoms with van der Waals surface area (Å²) in [4.78, 5) is 20.5. The average Bonchev–Trinajstić information content (AvgIpc) is 2.14. The van der Waals surface area contributed by atoms with Crippen molar-refractivity contribution in [2.75, 3.05) is 0 Å². The molecule has 0 heterocycles. The number of aromatic carboxylic acids is 1. The van der Waals surface area contributed by atoms with Gasteiger partial charge in [-0.05, 0) is 18.1 Å². The molecule has 0 aromatic heterocycles. The molecule has 0 fully saturated rings. The van der Waals surface area contributed by atoms with Crippen LogP contribution in [0.15, 0.2) is 18.2 Å². The number of halogens is 1. The summed E-state index contributed by atoms with van der Waals surface area (Å²) in [5.41, 5.74) is -0.522. The second kappa shape index (κ2) is 4.19. The van der Waals surface area contributed by atoms with Crippen LogP contribution >= 0.6 is 0 Å². The van der Waals surface area contributed by atoms with Crippen molar-refractivity contribution in [1.82, 2.24) is 0 Å². The number of aldehydes is 1. The van der Waals surface area contributed by atoms with Crippen molar-refractivity contribution in [3.63, 3.8) is 0 Å². The molecule has 0 aliphatic carbocycles. The van der Waals surface area contributed by atoms with Gasteiger partial charge in [0.1, 0.15) is 11.4 Å². The van der Waals surface area contributed by atoms with E-state index in [-0.39, 0.29) is 5.56 Å². The molecule has 0 spiro atoms. The minimum atomic E-state index is -1.40. The molecule has 0 saturated carbocycles. The van der Waals surface area contributed by atoms with Gasteiger partial charge in [0.25, 0.3) is 0 Å². The third kappa shape index (κ3) is 1.96. The molecule has 3 nitrogen and oxygen atoms in total. The highest BCUT2D eigenvalue weighted by atomic mass is 19.1. The van der Waals surface area contributed by atoms with Crippen LogP contribution in [-0.4, -0.2) is 17.4 Å². The van der Waals surface area contributed by atoms with E-state index in [9.17, 15) is 14.0 Å². The first-order valence-corrected chi connectivity index (χ1v) is 3.64. The molecule has 0 aliphatic heterocycles. The molecule has 0 atom stereocenters. The van der Waals surface area contributed by atoms with E-state index in [1.54, 1.807) is 0 Å². The molecule has 4 heteroatoms. The molecule has 0 saturated heterocycles. The Kier molecular flexibility index (Phi) is 2.97. The summed E-state index contributed by atoms with van der Waals surface area (Å²) in [7, 11) is 0. The molecule has 0 unspecified atom stereocenters. The zero-order chi connectivity index (χ0) is 10.6. The first-order chi connectivity index (χ1) is 6.66. The fourth-order valence-electron chi connectivity index (χ4n) is 0.953. The van der Waals surface area contributed by atoms with Gasteiger partial charge in [0, 0.05) is 5.56 Å². The fraction of sp³-hybridized carbons (Fsp3) is 0. The highest BCUT2D eigenvalue weighted by Crippen LogP contribution is 2.12. The fourth-order valence-corrected chi connectivity index (χ4v) is 0.953. The smallest absolute Gasteiger partial charge is 0.339 e. The number of carbonyl (C=O) groups is 2. The maximum absolute atomic E-state index is 13.0. The molecular formula is C10H5FO3.